The van der Waals surface area contributed by atoms with Crippen LogP contribution in [-0.2, 0) is 63.8 Å². The van der Waals surface area contributed by atoms with Gasteiger partial charge < -0.3 is 24.8 Å². The first-order chi connectivity index (χ1) is 28.6. The van der Waals surface area contributed by atoms with Crippen LogP contribution in [0.4, 0.5) is 52.7 Å². The fourth-order valence-electron chi connectivity index (χ4n) is 7.69. The third kappa shape index (κ3) is 11.1. The molecule has 64 heavy (non-hydrogen) atoms. The maximum Gasteiger partial charge on any atom is 4.00 e. The van der Waals surface area contributed by atoms with E-state index < -0.39 is 47.0 Å². The summed E-state index contributed by atoms with van der Waals surface area (Å²) >= 11 is 0. The zero-order valence-corrected chi connectivity index (χ0v) is 39.5. The van der Waals surface area contributed by atoms with Crippen LogP contribution < -0.4 is 24.8 Å². The van der Waals surface area contributed by atoms with Crippen molar-refractivity contribution in [2.45, 2.75) is 64.5 Å². The topological polar surface area (TPSA) is 0 Å². The molecule has 0 aliphatic heterocycles. The van der Waals surface area contributed by atoms with Crippen molar-refractivity contribution in [2.75, 3.05) is 0 Å². The first kappa shape index (κ1) is 54.2. The summed E-state index contributed by atoms with van der Waals surface area (Å²) in [7, 11) is 0.750. The molecule has 0 N–H and O–H groups in total. The van der Waals surface area contributed by atoms with Gasteiger partial charge in [0, 0.05) is 9.52 Å². The Hall–Kier alpha value is -4.10. The van der Waals surface area contributed by atoms with E-state index in [0.29, 0.717) is 23.6 Å². The van der Waals surface area contributed by atoms with Crippen LogP contribution in [0.3, 0.4) is 0 Å². The number of halogens is 14. The number of benzene rings is 6. The Bertz CT molecular complexity index is 2660. The first-order valence-electron chi connectivity index (χ1n) is 19.2. The number of alkyl halides is 12. The molecular weight excluding hydrogens is 995 g/mol. The summed E-state index contributed by atoms with van der Waals surface area (Å²) in [5.41, 5.74) is -3.11. The summed E-state index contributed by atoms with van der Waals surface area (Å²) < 4.78 is 165. The van der Waals surface area contributed by atoms with E-state index in [9.17, 15) is 52.7 Å². The van der Waals surface area contributed by atoms with Gasteiger partial charge in [0.05, 0.1) is 22.3 Å². The number of hydrogen-bond acceptors (Lipinski definition) is 0. The van der Waals surface area contributed by atoms with E-state index >= 15 is 0 Å². The van der Waals surface area contributed by atoms with Crippen molar-refractivity contribution >= 4 is 52.6 Å². The molecule has 0 unspecified atom stereocenters. The van der Waals surface area contributed by atoms with Crippen LogP contribution in [0.25, 0.3) is 65.3 Å². The summed E-state index contributed by atoms with van der Waals surface area (Å²) in [5.74, 6) is 0. The molecule has 0 nitrogen and oxygen atoms in total. The van der Waals surface area contributed by atoms with Crippen molar-refractivity contribution in [3.63, 3.8) is 0 Å². The fraction of sp³-hybridized carbons (Fsp3) is 0.208. The Morgan fingerprint density at radius 1 is 0.406 bits per heavy atom. The molecule has 0 aliphatic carbocycles. The van der Waals surface area contributed by atoms with Gasteiger partial charge in [-0.15, -0.1) is 69.1 Å². The normalized spacial score (nSPS) is 11.9. The van der Waals surface area contributed by atoms with Crippen LogP contribution in [0.5, 0.6) is 0 Å². The van der Waals surface area contributed by atoms with Crippen molar-refractivity contribution < 1.29 is 104 Å². The van der Waals surface area contributed by atoms with Crippen molar-refractivity contribution in [2.24, 2.45) is 0 Å². The molecule has 1 radical (unpaired) electrons. The molecule has 0 fully saturated rings. The average molecular weight is 1030 g/mol. The van der Waals surface area contributed by atoms with Gasteiger partial charge in [0.25, 0.3) is 0 Å². The van der Waals surface area contributed by atoms with Gasteiger partial charge in [-0.3, -0.25) is 0 Å². The number of fused-ring (bicyclic) bond motifs is 4. The average Bonchev–Trinajstić information content (AvgIpc) is 3.83. The van der Waals surface area contributed by atoms with Gasteiger partial charge in [0.1, 0.15) is 0 Å². The van der Waals surface area contributed by atoms with Crippen LogP contribution in [0, 0.1) is 0 Å². The van der Waals surface area contributed by atoms with E-state index in [4.69, 9.17) is 0 Å². The predicted octanol–water partition coefficient (Wildman–Crippen LogP) is 10.5. The molecule has 8 rings (SSSR count). The molecule has 16 heteroatoms. The largest absolute Gasteiger partial charge is 4.00 e. The minimum atomic E-state index is -4.94. The monoisotopic (exact) mass is 1030 g/mol. The van der Waals surface area contributed by atoms with E-state index in [-0.39, 0.29) is 107 Å². The third-order valence-corrected chi connectivity index (χ3v) is 10.3. The van der Waals surface area contributed by atoms with E-state index in [1.807, 2.05) is 26.0 Å². The maximum atomic E-state index is 13.9. The standard InChI is InChI=1S/2C23H15F6.C2H7Si.2ClH.Zr/c2*1-2-13-10-14-6-5-9-17(18(14)11-13)21-16-8-4-3-7-15(16)19(22(24,25)26)12-20(21)23(27,28)29;1-3-2;;;/h2*3-12H,2H2,1H3;3H,1-2H3;2*1H;/q2*-1;;;;+4/p-2. The van der Waals surface area contributed by atoms with E-state index in [1.165, 1.54) is 60.7 Å². The summed E-state index contributed by atoms with van der Waals surface area (Å²) in [6, 6.07) is 28.5. The minimum absolute atomic E-state index is 0. The van der Waals surface area contributed by atoms with Crippen molar-refractivity contribution in [3.8, 4) is 22.3 Å². The summed E-state index contributed by atoms with van der Waals surface area (Å²) in [5, 5.41) is 2.08. The molecular formula is C48H37Cl2F12SiZr. The van der Waals surface area contributed by atoms with Crippen LogP contribution in [-0.4, -0.2) is 9.52 Å². The van der Waals surface area contributed by atoms with Crippen molar-refractivity contribution in [3.05, 3.63) is 155 Å². The molecule has 0 spiro atoms. The van der Waals surface area contributed by atoms with Gasteiger partial charge in [-0.1, -0.05) is 98.7 Å². The van der Waals surface area contributed by atoms with Crippen LogP contribution in [0.15, 0.2) is 121 Å². The van der Waals surface area contributed by atoms with Gasteiger partial charge in [-0.05, 0) is 57.6 Å². The summed E-state index contributed by atoms with van der Waals surface area (Å²) in [6.07, 6.45) is -18.3. The number of hydrogen-bond donors (Lipinski definition) is 0. The van der Waals surface area contributed by atoms with Gasteiger partial charge in [-0.25, -0.2) is 0 Å². The smallest absolute Gasteiger partial charge is 1.00 e. The van der Waals surface area contributed by atoms with E-state index in [2.05, 4.69) is 13.1 Å². The van der Waals surface area contributed by atoms with Crippen LogP contribution in [0.2, 0.25) is 13.1 Å². The zero-order valence-electron chi connectivity index (χ0n) is 34.3. The molecule has 8 aromatic carbocycles. The second-order valence-electron chi connectivity index (χ2n) is 14.4. The predicted molar refractivity (Wildman–Crippen MR) is 223 cm³/mol. The number of rotatable bonds is 4. The van der Waals surface area contributed by atoms with Crippen LogP contribution in [0.1, 0.15) is 47.2 Å². The first-order valence-corrected chi connectivity index (χ1v) is 21.5. The zero-order chi connectivity index (χ0) is 44.7. The van der Waals surface area contributed by atoms with Gasteiger partial charge in [0.15, 0.2) is 0 Å². The molecule has 0 aliphatic rings. The second-order valence-corrected chi connectivity index (χ2v) is 15.6. The molecule has 0 heterocycles. The molecule has 0 bridgehead atoms. The molecule has 0 saturated heterocycles. The van der Waals surface area contributed by atoms with E-state index in [0.717, 1.165) is 31.4 Å². The van der Waals surface area contributed by atoms with Crippen molar-refractivity contribution in [1.82, 2.24) is 0 Å². The van der Waals surface area contributed by atoms with Gasteiger partial charge >= 0.3 is 50.9 Å². The Kier molecular flexibility index (Phi) is 17.8. The minimum Gasteiger partial charge on any atom is -1.00 e. The van der Waals surface area contributed by atoms with Crippen molar-refractivity contribution in [1.29, 1.82) is 0 Å². The molecule has 0 aromatic heterocycles. The van der Waals surface area contributed by atoms with Gasteiger partial charge in [-0.2, -0.15) is 64.8 Å². The maximum absolute atomic E-state index is 13.9. The molecule has 335 valence electrons. The Labute approximate surface area is 395 Å². The molecule has 8 aromatic rings. The Balaban J connectivity index is 0.000000307. The molecule has 0 atom stereocenters. The quantitative estimate of drug-likeness (QED) is 0.0936. The summed E-state index contributed by atoms with van der Waals surface area (Å²) in [6.45, 7) is 8.28. The SMILES string of the molecule is CCc1cc2c(-c3c(C(F)(F)F)cc(C(F)(F)F)c4ccccc34)cccc2[cH-]1.CCc1cc2c(-c3c(C(F)(F)F)cc(C(F)(F)F)c4ccccc34)cccc2[cH-]1.C[SiH]C.[Cl-].[Cl-].[Zr+4]. The molecule has 0 saturated carbocycles. The summed E-state index contributed by atoms with van der Waals surface area (Å²) in [4.78, 5) is 0. The fourth-order valence-corrected chi connectivity index (χ4v) is 7.69. The second kappa shape index (κ2) is 21.0. The van der Waals surface area contributed by atoms with E-state index in [1.54, 1.807) is 36.4 Å². The molecule has 0 amide bonds. The Morgan fingerprint density at radius 3 is 0.984 bits per heavy atom. The van der Waals surface area contributed by atoms with Gasteiger partial charge in [0.2, 0.25) is 0 Å². The number of aryl methyl sites for hydroxylation is 2. The Morgan fingerprint density at radius 2 is 0.703 bits per heavy atom. The van der Waals surface area contributed by atoms with Crippen LogP contribution >= 0.6 is 0 Å². The third-order valence-electron chi connectivity index (χ3n) is 10.3.